The number of phosphoric acid groups is 3. The summed E-state index contributed by atoms with van der Waals surface area (Å²) in [6.45, 7) is 2.41. The zero-order valence-corrected chi connectivity index (χ0v) is 41.0. The molecule has 24 nitrogen and oxygen atoms in total. The fourth-order valence-corrected chi connectivity index (χ4v) is 10.3. The number of hydrogen-bond acceptors (Lipinski definition) is 22. The van der Waals surface area contributed by atoms with Gasteiger partial charge in [-0.3, -0.25) is 28.1 Å². The van der Waals surface area contributed by atoms with Crippen molar-refractivity contribution < 1.29 is 80.5 Å². The van der Waals surface area contributed by atoms with Crippen molar-refractivity contribution in [2.75, 3.05) is 37.8 Å². The highest BCUT2D eigenvalue weighted by Crippen LogP contribution is 2.56. The number of phosphoric ester groups is 3. The summed E-state index contributed by atoms with van der Waals surface area (Å²) in [6, 6.07) is 0. The molecule has 6 N–H and O–H groups in total. The van der Waals surface area contributed by atoms with Crippen molar-refractivity contribution in [3.05, 3.63) is 12.7 Å². The third kappa shape index (κ3) is 21.1. The van der Waals surface area contributed by atoms with Crippen molar-refractivity contribution in [1.82, 2.24) is 30.2 Å². The van der Waals surface area contributed by atoms with E-state index in [4.69, 9.17) is 10.5 Å². The number of carbonyl (C=O) groups excluding carboxylic acids is 3. The van der Waals surface area contributed by atoms with Gasteiger partial charge in [-0.2, -0.15) is 0 Å². The minimum atomic E-state index is -5.92. The predicted octanol–water partition coefficient (Wildman–Crippen LogP) is 2.01. The summed E-state index contributed by atoms with van der Waals surface area (Å²) in [4.78, 5) is 96.8. The summed E-state index contributed by atoms with van der Waals surface area (Å²) in [5.41, 5.74) is 4.09. The minimum Gasteiger partial charge on any atom is -0.790 e. The molecule has 0 bridgehead atoms. The fourth-order valence-electron chi connectivity index (χ4n) is 6.81. The highest BCUT2D eigenvalue weighted by molar-refractivity contribution is 8.13. The zero-order valence-electron chi connectivity index (χ0n) is 37.5. The van der Waals surface area contributed by atoms with Crippen LogP contribution in [-0.2, 0) is 50.7 Å². The van der Waals surface area contributed by atoms with Gasteiger partial charge < -0.3 is 69.0 Å². The van der Waals surface area contributed by atoms with Gasteiger partial charge in [-0.05, 0) is 6.42 Å². The van der Waals surface area contributed by atoms with Gasteiger partial charge in [-0.1, -0.05) is 116 Å². The molecule has 0 saturated carbocycles. The first kappa shape index (κ1) is 57.9. The van der Waals surface area contributed by atoms with Crippen LogP contribution < -0.4 is 35.9 Å². The van der Waals surface area contributed by atoms with E-state index in [0.717, 1.165) is 48.2 Å². The molecule has 2 aromatic rings. The van der Waals surface area contributed by atoms with Gasteiger partial charge >= 0.3 is 0 Å². The molecule has 66 heavy (non-hydrogen) atoms. The molecular weight excluding hydrogens is 951 g/mol. The molecule has 2 amide bonds. The quantitative estimate of drug-likeness (QED) is 0.0494. The number of nitrogens with zero attached hydrogens (tertiary/aromatic N) is 4. The standard InChI is InChI=1S/C38H68N7O17P3S/c1-4-5-6-7-8-9-10-11-12-13-14-15-16-17-18-29(47)66-22-21-40-28(46)19-20-41-36(50)33(49)38(2,3)24-59-65(56,57)62-64(54,55)58-23-27-32(61-63(51,52)53)31(48)37(60-27)45-26-44-30-34(39)42-25-43-35(30)45/h25-27,31-33,37,48-49H,4-24H2,1-3H3,(H,40,46)(H,41,50)(H,54,55)(H,56,57)(H2,39,42,43)(H2,51,52,53)/p-4/t27-,31-,32-,33+,37-/m1/s1. The average molecular weight is 1020 g/mol. The number of unbranched alkanes of at least 4 members (excludes halogenated alkanes) is 13. The number of nitrogens with one attached hydrogen (secondary N) is 2. The predicted molar refractivity (Wildman–Crippen MR) is 233 cm³/mol. The van der Waals surface area contributed by atoms with Crippen LogP contribution in [0.2, 0.25) is 0 Å². The third-order valence-electron chi connectivity index (χ3n) is 10.5. The molecule has 0 radical (unpaired) electrons. The van der Waals surface area contributed by atoms with E-state index in [-0.39, 0.29) is 41.6 Å². The third-order valence-corrected chi connectivity index (χ3v) is 14.4. The van der Waals surface area contributed by atoms with Crippen molar-refractivity contribution in [2.45, 2.75) is 154 Å². The van der Waals surface area contributed by atoms with Gasteiger partial charge in [0.05, 0.1) is 27.4 Å². The number of hydrogen-bond donors (Lipinski definition) is 5. The Hall–Kier alpha value is -2.44. The molecule has 7 atom stereocenters. The van der Waals surface area contributed by atoms with Crippen molar-refractivity contribution in [3.63, 3.8) is 0 Å². The molecule has 1 aliphatic heterocycles. The molecule has 3 heterocycles. The average Bonchev–Trinajstić information content (AvgIpc) is 3.80. The van der Waals surface area contributed by atoms with E-state index in [0.29, 0.717) is 12.2 Å². The Bertz CT molecular complexity index is 1980. The summed E-state index contributed by atoms with van der Waals surface area (Å²) in [7, 11) is -17.6. The Morgan fingerprint density at radius 1 is 0.879 bits per heavy atom. The van der Waals surface area contributed by atoms with Gasteiger partial charge in [0.25, 0.3) is 15.6 Å². The first-order valence-electron chi connectivity index (χ1n) is 22.0. The fraction of sp³-hybridized carbons (Fsp3) is 0.789. The van der Waals surface area contributed by atoms with Crippen molar-refractivity contribution in [1.29, 1.82) is 0 Å². The largest absolute Gasteiger partial charge is 0.790 e. The van der Waals surface area contributed by atoms with E-state index in [2.05, 4.69) is 50.4 Å². The van der Waals surface area contributed by atoms with Crippen LogP contribution in [0.5, 0.6) is 0 Å². The number of amides is 2. The van der Waals surface area contributed by atoms with E-state index in [1.165, 1.54) is 84.5 Å². The lowest BCUT2D eigenvalue weighted by Gasteiger charge is -2.36. The Morgan fingerprint density at radius 3 is 2.08 bits per heavy atom. The smallest absolute Gasteiger partial charge is 0.274 e. The lowest BCUT2D eigenvalue weighted by Crippen LogP contribution is -2.46. The zero-order chi connectivity index (χ0) is 49.0. The van der Waals surface area contributed by atoms with E-state index in [1.54, 1.807) is 0 Å². The number of anilines is 1. The van der Waals surface area contributed by atoms with Crippen molar-refractivity contribution in [2.24, 2.45) is 5.41 Å². The number of nitrogens with two attached hydrogens (primary N) is 1. The molecule has 28 heteroatoms. The van der Waals surface area contributed by atoms with E-state index in [9.17, 15) is 57.9 Å². The number of carbonyl (C=O) groups is 3. The maximum Gasteiger partial charge on any atom is 0.274 e. The highest BCUT2D eigenvalue weighted by Gasteiger charge is 2.47. The number of imidazole rings is 1. The first-order chi connectivity index (χ1) is 31.1. The highest BCUT2D eigenvalue weighted by atomic mass is 32.2. The minimum absolute atomic E-state index is 0.0180. The van der Waals surface area contributed by atoms with Crippen LogP contribution in [0.25, 0.3) is 11.2 Å². The second kappa shape index (κ2) is 28.3. The molecule has 1 aliphatic rings. The number of aliphatic hydroxyl groups is 2. The number of rotatable bonds is 34. The number of thioether (sulfide) groups is 1. The summed E-state index contributed by atoms with van der Waals surface area (Å²) >= 11 is 1.14. The Morgan fingerprint density at radius 2 is 1.47 bits per heavy atom. The molecular formula is C38H64N7O17P3S-4. The molecule has 2 aromatic heterocycles. The summed E-state index contributed by atoms with van der Waals surface area (Å²) in [5, 5.41) is 26.5. The van der Waals surface area contributed by atoms with Crippen LogP contribution in [0.3, 0.4) is 0 Å². The van der Waals surface area contributed by atoms with Crippen LogP contribution in [0.1, 0.15) is 130 Å². The van der Waals surface area contributed by atoms with E-state index >= 15 is 0 Å². The summed E-state index contributed by atoms with van der Waals surface area (Å²) in [6.07, 6.45) is 10.2. The second-order valence-corrected chi connectivity index (χ2v) is 21.8. The molecule has 378 valence electrons. The number of fused-ring (bicyclic) bond motifs is 1. The van der Waals surface area contributed by atoms with Crippen LogP contribution in [0.4, 0.5) is 5.82 Å². The molecule has 1 fully saturated rings. The van der Waals surface area contributed by atoms with Gasteiger partial charge in [0.1, 0.15) is 36.3 Å². The van der Waals surface area contributed by atoms with E-state index < -0.39 is 84.6 Å². The summed E-state index contributed by atoms with van der Waals surface area (Å²) < 4.78 is 60.8. The lowest BCUT2D eigenvalue weighted by molar-refractivity contribution is -0.347. The first-order valence-corrected chi connectivity index (χ1v) is 27.4. The monoisotopic (exact) mass is 1020 g/mol. The molecule has 3 rings (SSSR count). The lowest BCUT2D eigenvalue weighted by atomic mass is 9.87. The van der Waals surface area contributed by atoms with Gasteiger partial charge in [-0.15, -0.1) is 0 Å². The second-order valence-electron chi connectivity index (χ2n) is 16.5. The Kier molecular flexibility index (Phi) is 24.8. The molecule has 0 aromatic carbocycles. The number of nitrogen functional groups attached to an aromatic ring is 1. The van der Waals surface area contributed by atoms with Gasteiger partial charge in [-0.25, -0.2) is 19.3 Å². The van der Waals surface area contributed by atoms with E-state index in [1.807, 2.05) is 0 Å². The maximum absolute atomic E-state index is 12.6. The maximum atomic E-state index is 12.6. The molecule has 0 spiro atoms. The van der Waals surface area contributed by atoms with Gasteiger partial charge in [0.2, 0.25) is 11.8 Å². The van der Waals surface area contributed by atoms with Crippen molar-refractivity contribution in [3.8, 4) is 0 Å². The number of aliphatic hydroxyl groups excluding tert-OH is 2. The summed E-state index contributed by atoms with van der Waals surface area (Å²) in [5.74, 6) is -1.13. The topological polar surface area (TPSA) is 375 Å². The molecule has 2 unspecified atom stereocenters. The SMILES string of the molecule is CCCCCCCCCCCCCCCCC(=O)SCCNC(=O)CCNC(=O)[C@H](O)C(C)(C)COP(=O)([O-])OP(=O)([O-])OC[C@H]1O[C@@H](n2cnc3c(N)ncnc32)[C@H](O)[C@@H]1OP(=O)([O-])[O-]. The Labute approximate surface area is 388 Å². The van der Waals surface area contributed by atoms with Crippen LogP contribution in [0.15, 0.2) is 12.7 Å². The molecule has 0 aliphatic carbocycles. The van der Waals surface area contributed by atoms with Crippen LogP contribution in [-0.4, -0.2) is 103 Å². The van der Waals surface area contributed by atoms with Crippen molar-refractivity contribution >= 4 is 69.1 Å². The number of ether oxygens (including phenoxy) is 1. The molecule has 1 saturated heterocycles. The normalized spacial score (nSPS) is 20.2. The van der Waals surface area contributed by atoms with Gasteiger partial charge in [0.15, 0.2) is 22.8 Å². The number of aromatic nitrogens is 4. The van der Waals surface area contributed by atoms with Gasteiger partial charge in [0, 0.05) is 37.1 Å². The van der Waals surface area contributed by atoms with Crippen LogP contribution in [0, 0.1) is 5.41 Å². The Balaban J connectivity index is 1.31. The van der Waals surface area contributed by atoms with Crippen LogP contribution >= 0.6 is 35.2 Å².